The zero-order valence-corrected chi connectivity index (χ0v) is 9.30. The highest BCUT2D eigenvalue weighted by Crippen LogP contribution is 2.24. The summed E-state index contributed by atoms with van der Waals surface area (Å²) in [6.45, 7) is -0.206. The fraction of sp³-hybridized carbons (Fsp3) is 1.00. The van der Waals surface area contributed by atoms with Crippen LogP contribution in [0, 0.1) is 0 Å². The van der Waals surface area contributed by atoms with Crippen LogP contribution in [0.5, 0.6) is 0 Å². The van der Waals surface area contributed by atoms with E-state index in [-0.39, 0.29) is 0 Å². The van der Waals surface area contributed by atoms with Crippen LogP contribution >= 0.6 is 0 Å². The van der Waals surface area contributed by atoms with Gasteiger partial charge in [-0.1, -0.05) is 0 Å². The maximum atomic E-state index is 9.55. The number of ether oxygens (including phenoxy) is 2. The molecule has 8 heteroatoms. The third-order valence-corrected chi connectivity index (χ3v) is 2.51. The predicted molar refractivity (Wildman–Crippen MR) is 52.6 cm³/mol. The largest absolute Gasteiger partial charge is 0.394 e. The highest BCUT2D eigenvalue weighted by Gasteiger charge is 2.46. The maximum Gasteiger partial charge on any atom is 0.190 e. The summed E-state index contributed by atoms with van der Waals surface area (Å²) in [5, 5.41) is 55.5. The van der Waals surface area contributed by atoms with Crippen molar-refractivity contribution in [1.82, 2.24) is 0 Å². The molecule has 17 heavy (non-hydrogen) atoms. The van der Waals surface area contributed by atoms with Crippen LogP contribution in [0.3, 0.4) is 0 Å². The number of aliphatic hydroxyl groups is 6. The van der Waals surface area contributed by atoms with Gasteiger partial charge in [0.05, 0.1) is 13.2 Å². The van der Waals surface area contributed by atoms with Gasteiger partial charge >= 0.3 is 0 Å². The lowest BCUT2D eigenvalue weighted by molar-refractivity contribution is -0.362. The Balaban J connectivity index is 2.72. The first-order chi connectivity index (χ1) is 7.82. The van der Waals surface area contributed by atoms with Crippen molar-refractivity contribution >= 4 is 0 Å². The van der Waals surface area contributed by atoms with Gasteiger partial charge in [0.2, 0.25) is 0 Å². The Bertz CT molecular complexity index is 243. The topological polar surface area (TPSA) is 140 Å². The Hall–Kier alpha value is -0.320. The van der Waals surface area contributed by atoms with E-state index in [0.29, 0.717) is 0 Å². The summed E-state index contributed by atoms with van der Waals surface area (Å²) in [5.74, 6) is -1.96. The minimum absolute atomic E-state index is 0.591. The number of rotatable bonds is 4. The van der Waals surface area contributed by atoms with E-state index < -0.39 is 49.7 Å². The molecule has 1 aliphatic heterocycles. The minimum atomic E-state index is -1.96. The van der Waals surface area contributed by atoms with Crippen LogP contribution in [-0.2, 0) is 9.47 Å². The molecule has 2 unspecified atom stereocenters. The summed E-state index contributed by atoms with van der Waals surface area (Å²) in [7, 11) is 0. The molecule has 0 aromatic carbocycles. The van der Waals surface area contributed by atoms with Crippen molar-refractivity contribution in [3.8, 4) is 0 Å². The first kappa shape index (κ1) is 14.7. The average Bonchev–Trinajstić information content (AvgIpc) is 2.30. The third-order valence-electron chi connectivity index (χ3n) is 2.51. The van der Waals surface area contributed by atoms with Gasteiger partial charge in [-0.15, -0.1) is 0 Å². The summed E-state index contributed by atoms with van der Waals surface area (Å²) >= 11 is 0. The van der Waals surface area contributed by atoms with E-state index >= 15 is 0 Å². The maximum absolute atomic E-state index is 9.55. The van der Waals surface area contributed by atoms with Gasteiger partial charge in [0, 0.05) is 0 Å². The molecule has 8 nitrogen and oxygen atoms in total. The molecule has 0 saturated carbocycles. The van der Waals surface area contributed by atoms with Crippen LogP contribution in [0.4, 0.5) is 0 Å². The lowest BCUT2D eigenvalue weighted by Gasteiger charge is -2.41. The Labute approximate surface area is 97.6 Å². The Morgan fingerprint density at radius 2 is 1.71 bits per heavy atom. The third kappa shape index (κ3) is 3.33. The van der Waals surface area contributed by atoms with Crippen LogP contribution in [0.2, 0.25) is 0 Å². The number of hydrogen-bond donors (Lipinski definition) is 6. The zero-order valence-electron chi connectivity index (χ0n) is 9.30. The van der Waals surface area contributed by atoms with Gasteiger partial charge in [0.25, 0.3) is 0 Å². The van der Waals surface area contributed by atoms with Crippen molar-refractivity contribution in [3.63, 3.8) is 0 Å². The molecule has 1 rings (SSSR count). The SMILES string of the molecule is CC(O)(CO)OC1O[C@H](CO)[C@@H](O)[C@H](O)[C@H]1O. The molecule has 1 saturated heterocycles. The fourth-order valence-corrected chi connectivity index (χ4v) is 1.45. The molecular weight excluding hydrogens is 236 g/mol. The highest BCUT2D eigenvalue weighted by molar-refractivity contribution is 4.89. The van der Waals surface area contributed by atoms with E-state index in [4.69, 9.17) is 19.7 Å². The van der Waals surface area contributed by atoms with E-state index in [1.165, 1.54) is 0 Å². The average molecular weight is 254 g/mol. The van der Waals surface area contributed by atoms with Gasteiger partial charge in [0.1, 0.15) is 24.4 Å². The summed E-state index contributed by atoms with van der Waals surface area (Å²) < 4.78 is 9.81. The van der Waals surface area contributed by atoms with Crippen LogP contribution in [0.1, 0.15) is 6.92 Å². The van der Waals surface area contributed by atoms with Crippen molar-refractivity contribution in [2.24, 2.45) is 0 Å². The molecule has 1 aliphatic rings. The molecular formula is C9H18O8. The van der Waals surface area contributed by atoms with Crippen molar-refractivity contribution in [2.45, 2.75) is 43.4 Å². The summed E-state index contributed by atoms with van der Waals surface area (Å²) in [5.41, 5.74) is 0. The fourth-order valence-electron chi connectivity index (χ4n) is 1.45. The number of aliphatic hydroxyl groups excluding tert-OH is 5. The molecule has 0 aromatic rings. The first-order valence-electron chi connectivity index (χ1n) is 5.14. The Kier molecular flexibility index (Phi) is 4.81. The van der Waals surface area contributed by atoms with E-state index in [2.05, 4.69) is 0 Å². The monoisotopic (exact) mass is 254 g/mol. The molecule has 102 valence electrons. The summed E-state index contributed by atoms with van der Waals surface area (Å²) in [6.07, 6.45) is -7.26. The molecule has 6 N–H and O–H groups in total. The second-order valence-electron chi connectivity index (χ2n) is 4.15. The highest BCUT2D eigenvalue weighted by atomic mass is 16.8. The lowest BCUT2D eigenvalue weighted by Crippen LogP contribution is -2.60. The van der Waals surface area contributed by atoms with E-state index in [1.54, 1.807) is 0 Å². The Morgan fingerprint density at radius 1 is 1.12 bits per heavy atom. The van der Waals surface area contributed by atoms with Gasteiger partial charge in [-0.25, -0.2) is 0 Å². The molecule has 0 aromatic heterocycles. The number of hydrogen-bond acceptors (Lipinski definition) is 8. The van der Waals surface area contributed by atoms with Crippen LogP contribution < -0.4 is 0 Å². The van der Waals surface area contributed by atoms with E-state index in [0.717, 1.165) is 6.92 Å². The van der Waals surface area contributed by atoms with Gasteiger partial charge in [-0.05, 0) is 6.92 Å². The smallest absolute Gasteiger partial charge is 0.190 e. The second kappa shape index (κ2) is 5.55. The van der Waals surface area contributed by atoms with E-state index in [1.807, 2.05) is 0 Å². The van der Waals surface area contributed by atoms with Gasteiger partial charge in [-0.3, -0.25) is 0 Å². The quantitative estimate of drug-likeness (QED) is 0.284. The molecule has 1 fully saturated rings. The second-order valence-corrected chi connectivity index (χ2v) is 4.15. The van der Waals surface area contributed by atoms with Crippen molar-refractivity contribution in [3.05, 3.63) is 0 Å². The molecule has 0 radical (unpaired) electrons. The molecule has 0 spiro atoms. The molecule has 0 amide bonds. The van der Waals surface area contributed by atoms with Gasteiger partial charge in [0.15, 0.2) is 12.1 Å². The predicted octanol–water partition coefficient (Wildman–Crippen LogP) is -3.50. The Morgan fingerprint density at radius 3 is 2.18 bits per heavy atom. The molecule has 0 aliphatic carbocycles. The van der Waals surface area contributed by atoms with Crippen molar-refractivity contribution in [1.29, 1.82) is 0 Å². The zero-order chi connectivity index (χ0) is 13.2. The van der Waals surface area contributed by atoms with Gasteiger partial charge in [-0.2, -0.15) is 0 Å². The van der Waals surface area contributed by atoms with Crippen LogP contribution in [0.25, 0.3) is 0 Å². The van der Waals surface area contributed by atoms with Crippen molar-refractivity contribution in [2.75, 3.05) is 13.2 Å². The summed E-state index contributed by atoms with van der Waals surface area (Å²) in [4.78, 5) is 0. The van der Waals surface area contributed by atoms with Crippen LogP contribution in [0.15, 0.2) is 0 Å². The van der Waals surface area contributed by atoms with Gasteiger partial charge < -0.3 is 40.1 Å². The van der Waals surface area contributed by atoms with E-state index in [9.17, 15) is 20.4 Å². The molecule has 6 atom stereocenters. The minimum Gasteiger partial charge on any atom is -0.394 e. The molecule has 0 bridgehead atoms. The summed E-state index contributed by atoms with van der Waals surface area (Å²) in [6, 6.07) is 0. The lowest BCUT2D eigenvalue weighted by atomic mass is 9.99. The first-order valence-corrected chi connectivity index (χ1v) is 5.14. The standard InChI is InChI=1S/C9H18O8/c1-9(15,3-11)17-8-7(14)6(13)5(12)4(2-10)16-8/h4-8,10-15H,2-3H2,1H3/t4-,5-,6+,7-,8?,9?/m1/s1. The molecule has 1 heterocycles. The van der Waals surface area contributed by atoms with Crippen molar-refractivity contribution < 1.29 is 40.1 Å². The normalized spacial score (nSPS) is 42.2. The van der Waals surface area contributed by atoms with Crippen LogP contribution in [-0.4, -0.2) is 80.3 Å².